The molecule has 0 radical (unpaired) electrons. The predicted octanol–water partition coefficient (Wildman–Crippen LogP) is 4.18. The third kappa shape index (κ3) is 3.24. The topological polar surface area (TPSA) is 74.2 Å². The molecule has 0 bridgehead atoms. The van der Waals surface area contributed by atoms with E-state index in [2.05, 4.69) is 15.1 Å². The molecule has 0 aliphatic rings. The van der Waals surface area contributed by atoms with Gasteiger partial charge in [-0.1, -0.05) is 17.3 Å². The molecular weight excluding hydrogens is 318 g/mol. The molecule has 4 rings (SSSR count). The Labute approximate surface area is 144 Å². The summed E-state index contributed by atoms with van der Waals surface area (Å²) in [5.74, 6) is 2.60. The van der Waals surface area contributed by atoms with E-state index in [1.807, 2.05) is 56.3 Å². The predicted molar refractivity (Wildman–Crippen MR) is 92.5 cm³/mol. The third-order valence-electron chi connectivity index (χ3n) is 3.81. The van der Waals surface area contributed by atoms with Crippen molar-refractivity contribution >= 4 is 11.1 Å². The largest absolute Gasteiger partial charge is 0.494 e. The molecule has 0 saturated carbocycles. The summed E-state index contributed by atoms with van der Waals surface area (Å²) in [6, 6.07) is 13.6. The number of aromatic nitrogens is 3. The molecule has 4 aromatic rings. The maximum Gasteiger partial charge on any atom is 0.231 e. The molecule has 0 atom stereocenters. The maximum atomic E-state index is 5.48. The molecule has 25 heavy (non-hydrogen) atoms. The van der Waals surface area contributed by atoms with Crippen LogP contribution >= 0.6 is 0 Å². The highest BCUT2D eigenvalue weighted by Crippen LogP contribution is 2.23. The van der Waals surface area contributed by atoms with Gasteiger partial charge in [-0.05, 0) is 42.8 Å². The number of ether oxygens (including phenoxy) is 1. The molecule has 0 N–H and O–H groups in total. The van der Waals surface area contributed by atoms with Gasteiger partial charge in [-0.2, -0.15) is 4.98 Å². The molecule has 0 fully saturated rings. The monoisotopic (exact) mass is 335 g/mol. The third-order valence-corrected chi connectivity index (χ3v) is 3.81. The molecule has 0 aliphatic carbocycles. The first-order valence-corrected chi connectivity index (χ1v) is 8.13. The zero-order chi connectivity index (χ0) is 17.2. The number of aryl methyl sites for hydroxylation is 1. The van der Waals surface area contributed by atoms with Crippen molar-refractivity contribution in [3.8, 4) is 17.1 Å². The van der Waals surface area contributed by atoms with Crippen LogP contribution in [-0.2, 0) is 6.42 Å². The normalized spacial score (nSPS) is 11.1. The number of hydrogen-bond donors (Lipinski definition) is 0. The number of oxazole rings is 1. The van der Waals surface area contributed by atoms with Gasteiger partial charge in [-0.15, -0.1) is 0 Å². The van der Waals surface area contributed by atoms with Gasteiger partial charge in [-0.3, -0.25) is 0 Å². The van der Waals surface area contributed by atoms with Crippen molar-refractivity contribution in [3.63, 3.8) is 0 Å². The fourth-order valence-corrected chi connectivity index (χ4v) is 2.67. The zero-order valence-corrected chi connectivity index (χ0v) is 14.0. The maximum absolute atomic E-state index is 5.48. The number of hydrogen-bond acceptors (Lipinski definition) is 6. The Morgan fingerprint density at radius 2 is 1.88 bits per heavy atom. The minimum Gasteiger partial charge on any atom is -0.494 e. The first kappa shape index (κ1) is 15.4. The molecule has 0 saturated heterocycles. The van der Waals surface area contributed by atoms with Crippen LogP contribution in [0.5, 0.6) is 5.75 Å². The smallest absolute Gasteiger partial charge is 0.231 e. The summed E-state index contributed by atoms with van der Waals surface area (Å²) in [4.78, 5) is 8.81. The SMILES string of the molecule is CCOc1ccc(Cc2nc(-c3ccc4oc(C)nc4c3)no2)cc1. The van der Waals surface area contributed by atoms with E-state index >= 15 is 0 Å². The lowest BCUT2D eigenvalue weighted by molar-refractivity contribution is 0.340. The molecule has 2 aromatic heterocycles. The average molecular weight is 335 g/mol. The van der Waals surface area contributed by atoms with Crippen molar-refractivity contribution in [3.05, 3.63) is 59.8 Å². The van der Waals surface area contributed by atoms with Gasteiger partial charge in [0, 0.05) is 12.5 Å². The Bertz CT molecular complexity index is 1000. The molecule has 126 valence electrons. The van der Waals surface area contributed by atoms with Gasteiger partial charge >= 0.3 is 0 Å². The van der Waals surface area contributed by atoms with Crippen LogP contribution in [0.25, 0.3) is 22.5 Å². The van der Waals surface area contributed by atoms with E-state index in [9.17, 15) is 0 Å². The standard InChI is InChI=1S/C19H17N3O3/c1-3-23-15-7-4-13(5-8-15)10-18-21-19(22-25-18)14-6-9-17-16(11-14)20-12(2)24-17/h4-9,11H,3,10H2,1-2H3. The van der Waals surface area contributed by atoms with Crippen molar-refractivity contribution in [1.29, 1.82) is 0 Å². The highest BCUT2D eigenvalue weighted by atomic mass is 16.5. The summed E-state index contributed by atoms with van der Waals surface area (Å²) in [6.45, 7) is 4.44. The lowest BCUT2D eigenvalue weighted by atomic mass is 10.1. The van der Waals surface area contributed by atoms with Gasteiger partial charge in [0.1, 0.15) is 11.3 Å². The van der Waals surface area contributed by atoms with Crippen LogP contribution in [0.3, 0.4) is 0 Å². The Morgan fingerprint density at radius 3 is 2.68 bits per heavy atom. The minimum atomic E-state index is 0.545. The second-order valence-electron chi connectivity index (χ2n) is 5.68. The fraction of sp³-hybridized carbons (Fsp3) is 0.211. The van der Waals surface area contributed by atoms with Gasteiger partial charge in [0.2, 0.25) is 11.7 Å². The molecule has 0 aliphatic heterocycles. The van der Waals surface area contributed by atoms with Crippen molar-refractivity contribution in [2.75, 3.05) is 6.61 Å². The van der Waals surface area contributed by atoms with Crippen LogP contribution in [0.15, 0.2) is 51.4 Å². The second kappa shape index (κ2) is 6.39. The number of fused-ring (bicyclic) bond motifs is 1. The van der Waals surface area contributed by atoms with Gasteiger partial charge < -0.3 is 13.7 Å². The molecule has 6 heteroatoms. The first-order chi connectivity index (χ1) is 12.2. The molecule has 6 nitrogen and oxygen atoms in total. The Hall–Kier alpha value is -3.15. The zero-order valence-electron chi connectivity index (χ0n) is 14.0. The minimum absolute atomic E-state index is 0.545. The summed E-state index contributed by atoms with van der Waals surface area (Å²) in [6.07, 6.45) is 0.574. The summed E-state index contributed by atoms with van der Waals surface area (Å²) >= 11 is 0. The Balaban J connectivity index is 1.54. The highest BCUT2D eigenvalue weighted by Gasteiger charge is 2.11. The van der Waals surface area contributed by atoms with Gasteiger partial charge in [0.15, 0.2) is 11.5 Å². The second-order valence-corrected chi connectivity index (χ2v) is 5.68. The average Bonchev–Trinajstić information content (AvgIpc) is 3.21. The van der Waals surface area contributed by atoms with E-state index in [1.54, 1.807) is 0 Å². The quantitative estimate of drug-likeness (QED) is 0.545. The lowest BCUT2D eigenvalue weighted by Crippen LogP contribution is -1.92. The van der Waals surface area contributed by atoms with Crippen LogP contribution in [0, 0.1) is 6.92 Å². The summed E-state index contributed by atoms with van der Waals surface area (Å²) in [5, 5.41) is 4.07. The summed E-state index contributed by atoms with van der Waals surface area (Å²) < 4.78 is 16.3. The Kier molecular flexibility index (Phi) is 3.93. The lowest BCUT2D eigenvalue weighted by Gasteiger charge is -2.03. The van der Waals surface area contributed by atoms with E-state index < -0.39 is 0 Å². The van der Waals surface area contributed by atoms with E-state index in [0.717, 1.165) is 28.0 Å². The molecule has 0 amide bonds. The molecule has 2 heterocycles. The van der Waals surface area contributed by atoms with Crippen LogP contribution in [0.2, 0.25) is 0 Å². The molecular formula is C19H17N3O3. The van der Waals surface area contributed by atoms with Crippen LogP contribution in [-0.4, -0.2) is 21.7 Å². The van der Waals surface area contributed by atoms with Crippen molar-refractivity contribution in [2.24, 2.45) is 0 Å². The van der Waals surface area contributed by atoms with Crippen LogP contribution in [0.4, 0.5) is 0 Å². The summed E-state index contributed by atoms with van der Waals surface area (Å²) in [7, 11) is 0. The van der Waals surface area contributed by atoms with Crippen molar-refractivity contribution < 1.29 is 13.7 Å². The number of benzene rings is 2. The van der Waals surface area contributed by atoms with Crippen LogP contribution < -0.4 is 4.74 Å². The first-order valence-electron chi connectivity index (χ1n) is 8.13. The van der Waals surface area contributed by atoms with Gasteiger partial charge in [-0.25, -0.2) is 4.98 Å². The van der Waals surface area contributed by atoms with Crippen LogP contribution in [0.1, 0.15) is 24.3 Å². The summed E-state index contributed by atoms with van der Waals surface area (Å²) in [5.41, 5.74) is 3.47. The molecule has 0 spiro atoms. The van der Waals surface area contributed by atoms with E-state index in [-0.39, 0.29) is 0 Å². The van der Waals surface area contributed by atoms with Gasteiger partial charge in [0.05, 0.1) is 13.0 Å². The van der Waals surface area contributed by atoms with Crippen molar-refractivity contribution in [1.82, 2.24) is 15.1 Å². The number of rotatable bonds is 5. The Morgan fingerprint density at radius 1 is 1.04 bits per heavy atom. The van der Waals surface area contributed by atoms with Crippen molar-refractivity contribution in [2.45, 2.75) is 20.3 Å². The molecule has 0 unspecified atom stereocenters. The molecule has 2 aromatic carbocycles. The van der Waals surface area contributed by atoms with E-state index in [0.29, 0.717) is 30.6 Å². The number of nitrogens with zero attached hydrogens (tertiary/aromatic N) is 3. The fourth-order valence-electron chi connectivity index (χ4n) is 2.67. The van der Waals surface area contributed by atoms with E-state index in [4.69, 9.17) is 13.7 Å². The highest BCUT2D eigenvalue weighted by molar-refractivity contribution is 5.78. The van der Waals surface area contributed by atoms with E-state index in [1.165, 1.54) is 0 Å². The van der Waals surface area contributed by atoms with Gasteiger partial charge in [0.25, 0.3) is 0 Å².